The third-order valence-corrected chi connectivity index (χ3v) is 3.63. The molecule has 0 fully saturated rings. The van der Waals surface area contributed by atoms with Crippen molar-refractivity contribution in [3.05, 3.63) is 34.9 Å². The molecule has 0 saturated heterocycles. The van der Waals surface area contributed by atoms with Gasteiger partial charge in [-0.1, -0.05) is 25.8 Å². The first-order valence-corrected chi connectivity index (χ1v) is 7.19. The lowest BCUT2D eigenvalue weighted by Crippen LogP contribution is -2.12. The summed E-state index contributed by atoms with van der Waals surface area (Å²) >= 11 is 0. The summed E-state index contributed by atoms with van der Waals surface area (Å²) < 4.78 is 27.2. The molecule has 2 N–H and O–H groups in total. The molecule has 0 saturated carbocycles. The maximum absolute atomic E-state index is 13.7. The van der Waals surface area contributed by atoms with Crippen LogP contribution >= 0.6 is 0 Å². The van der Waals surface area contributed by atoms with Crippen molar-refractivity contribution in [3.63, 3.8) is 0 Å². The van der Waals surface area contributed by atoms with Crippen molar-refractivity contribution < 1.29 is 13.6 Å². The second-order valence-corrected chi connectivity index (χ2v) is 5.25. The first-order chi connectivity index (χ1) is 9.51. The van der Waals surface area contributed by atoms with E-state index < -0.39 is 11.6 Å². The highest BCUT2D eigenvalue weighted by molar-refractivity contribution is 5.96. The van der Waals surface area contributed by atoms with Gasteiger partial charge in [-0.2, -0.15) is 0 Å². The summed E-state index contributed by atoms with van der Waals surface area (Å²) in [6.07, 6.45) is 3.83. The first kappa shape index (κ1) is 16.8. The molecule has 20 heavy (non-hydrogen) atoms. The molecule has 0 heterocycles. The number of carbonyl (C=O) groups is 1. The molecule has 0 bridgehead atoms. The number of nitrogens with two attached hydrogens (primary N) is 1. The van der Waals surface area contributed by atoms with Gasteiger partial charge in [-0.3, -0.25) is 4.79 Å². The Morgan fingerprint density at radius 1 is 1.20 bits per heavy atom. The third-order valence-electron chi connectivity index (χ3n) is 3.63. The Morgan fingerprint density at radius 3 is 2.50 bits per heavy atom. The fourth-order valence-electron chi connectivity index (χ4n) is 2.41. The number of benzene rings is 1. The molecule has 2 nitrogen and oxygen atoms in total. The van der Waals surface area contributed by atoms with Crippen LogP contribution in [0.25, 0.3) is 0 Å². The zero-order chi connectivity index (χ0) is 15.1. The van der Waals surface area contributed by atoms with Crippen LogP contribution in [0.3, 0.4) is 0 Å². The van der Waals surface area contributed by atoms with E-state index in [0.29, 0.717) is 18.9 Å². The van der Waals surface area contributed by atoms with Crippen LogP contribution in [-0.2, 0) is 0 Å². The van der Waals surface area contributed by atoms with Crippen LogP contribution in [0.2, 0.25) is 0 Å². The molecule has 0 aromatic heterocycles. The van der Waals surface area contributed by atoms with Gasteiger partial charge < -0.3 is 5.73 Å². The van der Waals surface area contributed by atoms with Crippen LogP contribution in [0, 0.1) is 24.5 Å². The molecule has 1 rings (SSSR count). The van der Waals surface area contributed by atoms with Crippen LogP contribution in [0.5, 0.6) is 0 Å². The standard InChI is InChI=1S/C16H23F2NO/c1-3-4-12(9-10-19)6-8-14(20)13-7-5-11(2)15(17)16(13)18/h5,7,12H,3-4,6,8-10,19H2,1-2H3. The monoisotopic (exact) mass is 283 g/mol. The van der Waals surface area contributed by atoms with Gasteiger partial charge in [0.05, 0.1) is 5.56 Å². The lowest BCUT2D eigenvalue weighted by molar-refractivity contribution is 0.0967. The highest BCUT2D eigenvalue weighted by Gasteiger charge is 2.18. The molecule has 0 aliphatic rings. The number of Topliss-reactive ketones (excluding diaryl/α,β-unsaturated/α-hetero) is 1. The van der Waals surface area contributed by atoms with Crippen LogP contribution in [-0.4, -0.2) is 12.3 Å². The van der Waals surface area contributed by atoms with Crippen LogP contribution in [0.1, 0.15) is 54.9 Å². The quantitative estimate of drug-likeness (QED) is 0.733. The maximum atomic E-state index is 13.7. The predicted octanol–water partition coefficient (Wildman–Crippen LogP) is 4.00. The van der Waals surface area contributed by atoms with Gasteiger partial charge in [0.2, 0.25) is 0 Å². The Kier molecular flexibility index (Phi) is 6.79. The summed E-state index contributed by atoms with van der Waals surface area (Å²) in [6, 6.07) is 2.81. The van der Waals surface area contributed by atoms with Crippen molar-refractivity contribution in [2.24, 2.45) is 11.7 Å². The van der Waals surface area contributed by atoms with Gasteiger partial charge in [-0.15, -0.1) is 0 Å². The minimum atomic E-state index is -1.03. The average Bonchev–Trinajstić information content (AvgIpc) is 2.42. The molecule has 112 valence electrons. The minimum Gasteiger partial charge on any atom is -0.330 e. The Labute approximate surface area is 119 Å². The van der Waals surface area contributed by atoms with Gasteiger partial charge in [-0.25, -0.2) is 8.78 Å². The molecule has 1 unspecified atom stereocenters. The van der Waals surface area contributed by atoms with E-state index in [2.05, 4.69) is 6.92 Å². The number of hydrogen-bond acceptors (Lipinski definition) is 2. The molecular formula is C16H23F2NO. The van der Waals surface area contributed by atoms with Crippen LogP contribution in [0.15, 0.2) is 12.1 Å². The van der Waals surface area contributed by atoms with Crippen molar-refractivity contribution >= 4 is 5.78 Å². The van der Waals surface area contributed by atoms with E-state index in [0.717, 1.165) is 19.3 Å². The van der Waals surface area contributed by atoms with Gasteiger partial charge in [0, 0.05) is 6.42 Å². The highest BCUT2D eigenvalue weighted by Crippen LogP contribution is 2.21. The molecule has 4 heteroatoms. The molecule has 0 aliphatic carbocycles. The largest absolute Gasteiger partial charge is 0.330 e. The summed E-state index contributed by atoms with van der Waals surface area (Å²) in [7, 11) is 0. The van der Waals surface area contributed by atoms with E-state index in [4.69, 9.17) is 5.73 Å². The first-order valence-electron chi connectivity index (χ1n) is 7.19. The molecule has 0 amide bonds. The fraction of sp³-hybridized carbons (Fsp3) is 0.562. The topological polar surface area (TPSA) is 43.1 Å². The summed E-state index contributed by atoms with van der Waals surface area (Å²) in [6.45, 7) is 4.15. The minimum absolute atomic E-state index is 0.143. The molecule has 0 spiro atoms. The van der Waals surface area contributed by atoms with Crippen molar-refractivity contribution in [2.75, 3.05) is 6.54 Å². The van der Waals surface area contributed by atoms with E-state index in [1.165, 1.54) is 19.1 Å². The van der Waals surface area contributed by atoms with E-state index in [1.807, 2.05) is 0 Å². The predicted molar refractivity (Wildman–Crippen MR) is 76.7 cm³/mol. The van der Waals surface area contributed by atoms with Gasteiger partial charge in [0.1, 0.15) is 0 Å². The molecular weight excluding hydrogens is 260 g/mol. The number of carbonyl (C=O) groups excluding carboxylic acids is 1. The molecule has 1 aromatic carbocycles. The number of ketones is 1. The molecule has 1 atom stereocenters. The Bertz CT molecular complexity index is 454. The highest BCUT2D eigenvalue weighted by atomic mass is 19.2. The summed E-state index contributed by atoms with van der Waals surface area (Å²) in [5.74, 6) is -1.91. The third kappa shape index (κ3) is 4.37. The Hall–Kier alpha value is -1.29. The lowest BCUT2D eigenvalue weighted by Gasteiger charge is -2.14. The van der Waals surface area contributed by atoms with E-state index in [1.54, 1.807) is 0 Å². The molecule has 1 aromatic rings. The van der Waals surface area contributed by atoms with Crippen LogP contribution in [0.4, 0.5) is 8.78 Å². The SMILES string of the molecule is CCCC(CCN)CCC(=O)c1ccc(C)c(F)c1F. The number of aryl methyl sites for hydroxylation is 1. The van der Waals surface area contributed by atoms with Crippen molar-refractivity contribution in [1.29, 1.82) is 0 Å². The maximum Gasteiger partial charge on any atom is 0.169 e. The zero-order valence-electron chi connectivity index (χ0n) is 12.2. The number of halogens is 2. The average molecular weight is 283 g/mol. The van der Waals surface area contributed by atoms with E-state index in [9.17, 15) is 13.6 Å². The van der Waals surface area contributed by atoms with Gasteiger partial charge >= 0.3 is 0 Å². The summed E-state index contributed by atoms with van der Waals surface area (Å²) in [5, 5.41) is 0. The van der Waals surface area contributed by atoms with Crippen molar-refractivity contribution in [3.8, 4) is 0 Å². The van der Waals surface area contributed by atoms with Crippen molar-refractivity contribution in [1.82, 2.24) is 0 Å². The number of hydrogen-bond donors (Lipinski definition) is 1. The van der Waals surface area contributed by atoms with E-state index >= 15 is 0 Å². The number of rotatable bonds is 8. The normalized spacial score (nSPS) is 12.4. The Morgan fingerprint density at radius 2 is 1.90 bits per heavy atom. The second kappa shape index (κ2) is 8.10. The smallest absolute Gasteiger partial charge is 0.169 e. The van der Waals surface area contributed by atoms with Crippen molar-refractivity contribution in [2.45, 2.75) is 46.0 Å². The lowest BCUT2D eigenvalue weighted by atomic mass is 9.92. The molecule has 0 radical (unpaired) electrons. The van der Waals surface area contributed by atoms with Gasteiger partial charge in [0.25, 0.3) is 0 Å². The summed E-state index contributed by atoms with van der Waals surface area (Å²) in [5.41, 5.74) is 5.61. The van der Waals surface area contributed by atoms with Gasteiger partial charge in [-0.05, 0) is 43.9 Å². The van der Waals surface area contributed by atoms with Gasteiger partial charge in [0.15, 0.2) is 17.4 Å². The Balaban J connectivity index is 2.69. The molecule has 0 aliphatic heterocycles. The summed E-state index contributed by atoms with van der Waals surface area (Å²) in [4.78, 5) is 12.0. The van der Waals surface area contributed by atoms with Crippen LogP contribution < -0.4 is 5.73 Å². The second-order valence-electron chi connectivity index (χ2n) is 5.25. The fourth-order valence-corrected chi connectivity index (χ4v) is 2.41. The van der Waals surface area contributed by atoms with E-state index in [-0.39, 0.29) is 23.3 Å². The zero-order valence-corrected chi connectivity index (χ0v) is 12.2.